The summed E-state index contributed by atoms with van der Waals surface area (Å²) in [6.07, 6.45) is 9.24. The summed E-state index contributed by atoms with van der Waals surface area (Å²) in [5.74, 6) is 2.34. The van der Waals surface area contributed by atoms with Gasteiger partial charge < -0.3 is 10.6 Å². The third-order valence-electron chi connectivity index (χ3n) is 4.33. The van der Waals surface area contributed by atoms with Crippen molar-refractivity contribution in [2.24, 2.45) is 17.8 Å². The van der Waals surface area contributed by atoms with E-state index in [1.807, 2.05) is 0 Å². The molecule has 0 unspecified atom stereocenters. The van der Waals surface area contributed by atoms with Crippen molar-refractivity contribution in [2.75, 3.05) is 6.54 Å². The number of amides is 2. The lowest BCUT2D eigenvalue weighted by atomic mass is 9.85. The van der Waals surface area contributed by atoms with Crippen LogP contribution in [0, 0.1) is 17.8 Å². The van der Waals surface area contributed by atoms with Gasteiger partial charge >= 0.3 is 6.03 Å². The zero-order valence-corrected chi connectivity index (χ0v) is 9.87. The van der Waals surface area contributed by atoms with Crippen LogP contribution in [-0.4, -0.2) is 18.6 Å². The van der Waals surface area contributed by atoms with Gasteiger partial charge in [-0.2, -0.15) is 0 Å². The Morgan fingerprint density at radius 1 is 1.06 bits per heavy atom. The molecule has 3 nitrogen and oxygen atoms in total. The Labute approximate surface area is 97.4 Å². The SMILES string of the molecule is O=C(NCC1CCC1)NC(C1CC1)C1CC1. The average Bonchev–Trinajstić information content (AvgIpc) is 3.03. The number of urea groups is 1. The van der Waals surface area contributed by atoms with Gasteiger partial charge in [0, 0.05) is 12.6 Å². The van der Waals surface area contributed by atoms with Crippen molar-refractivity contribution < 1.29 is 4.79 Å². The minimum Gasteiger partial charge on any atom is -0.338 e. The van der Waals surface area contributed by atoms with E-state index in [9.17, 15) is 4.79 Å². The van der Waals surface area contributed by atoms with E-state index in [4.69, 9.17) is 0 Å². The van der Waals surface area contributed by atoms with Crippen LogP contribution < -0.4 is 10.6 Å². The maximum Gasteiger partial charge on any atom is 0.315 e. The first-order valence-corrected chi connectivity index (χ1v) is 6.87. The third-order valence-corrected chi connectivity index (χ3v) is 4.33. The zero-order valence-electron chi connectivity index (χ0n) is 9.87. The summed E-state index contributed by atoms with van der Waals surface area (Å²) in [7, 11) is 0. The second-order valence-electron chi connectivity index (χ2n) is 5.85. The van der Waals surface area contributed by atoms with Gasteiger partial charge in [-0.1, -0.05) is 6.42 Å². The van der Waals surface area contributed by atoms with Gasteiger partial charge in [0.25, 0.3) is 0 Å². The fourth-order valence-electron chi connectivity index (χ4n) is 2.67. The van der Waals surface area contributed by atoms with Crippen LogP contribution in [0.3, 0.4) is 0 Å². The van der Waals surface area contributed by atoms with E-state index in [0.29, 0.717) is 6.04 Å². The fraction of sp³-hybridized carbons (Fsp3) is 0.923. The van der Waals surface area contributed by atoms with E-state index >= 15 is 0 Å². The summed E-state index contributed by atoms with van der Waals surface area (Å²) in [4.78, 5) is 11.7. The van der Waals surface area contributed by atoms with Crippen molar-refractivity contribution >= 4 is 6.03 Å². The highest BCUT2D eigenvalue weighted by Gasteiger charge is 2.42. The minimum absolute atomic E-state index is 0.0794. The first-order valence-electron chi connectivity index (χ1n) is 6.87. The van der Waals surface area contributed by atoms with Gasteiger partial charge in [-0.3, -0.25) is 0 Å². The van der Waals surface area contributed by atoms with Gasteiger partial charge in [-0.15, -0.1) is 0 Å². The van der Waals surface area contributed by atoms with Crippen LogP contribution in [0.15, 0.2) is 0 Å². The maximum absolute atomic E-state index is 11.7. The van der Waals surface area contributed by atoms with E-state index in [1.165, 1.54) is 44.9 Å². The summed E-state index contributed by atoms with van der Waals surface area (Å²) >= 11 is 0. The molecule has 2 amide bonds. The molecule has 3 rings (SSSR count). The molecule has 0 aliphatic heterocycles. The minimum atomic E-state index is 0.0794. The highest BCUT2D eigenvalue weighted by atomic mass is 16.2. The molecule has 2 N–H and O–H groups in total. The smallest absolute Gasteiger partial charge is 0.315 e. The highest BCUT2D eigenvalue weighted by molar-refractivity contribution is 5.74. The van der Waals surface area contributed by atoms with E-state index in [1.54, 1.807) is 0 Å². The topological polar surface area (TPSA) is 41.1 Å². The Hall–Kier alpha value is -0.730. The van der Waals surface area contributed by atoms with E-state index < -0.39 is 0 Å². The standard InChI is InChI=1S/C13H22N2O/c16-13(14-8-9-2-1-3-9)15-12(10-4-5-10)11-6-7-11/h9-12H,1-8H2,(H2,14,15,16). The Morgan fingerprint density at radius 3 is 2.12 bits per heavy atom. The summed E-state index contributed by atoms with van der Waals surface area (Å²) in [6, 6.07) is 0.567. The third kappa shape index (κ3) is 2.50. The summed E-state index contributed by atoms with van der Waals surface area (Å²) in [5.41, 5.74) is 0. The quantitative estimate of drug-likeness (QED) is 0.736. The first-order chi connectivity index (χ1) is 7.83. The van der Waals surface area contributed by atoms with Crippen molar-refractivity contribution in [1.29, 1.82) is 0 Å². The molecule has 0 bridgehead atoms. The molecule has 3 aliphatic carbocycles. The monoisotopic (exact) mass is 222 g/mol. The number of carbonyl (C=O) groups is 1. The van der Waals surface area contributed by atoms with Crippen LogP contribution in [-0.2, 0) is 0 Å². The Kier molecular flexibility index (Phi) is 2.78. The van der Waals surface area contributed by atoms with Gasteiger partial charge in [-0.25, -0.2) is 4.79 Å². The van der Waals surface area contributed by atoms with Crippen LogP contribution in [0.2, 0.25) is 0 Å². The molecule has 0 aromatic heterocycles. The average molecular weight is 222 g/mol. The lowest BCUT2D eigenvalue weighted by Crippen LogP contribution is -2.46. The molecule has 3 heteroatoms. The molecule has 0 heterocycles. The Bertz CT molecular complexity index is 255. The number of carbonyl (C=O) groups excluding carboxylic acids is 1. The van der Waals surface area contributed by atoms with Crippen molar-refractivity contribution in [2.45, 2.75) is 51.0 Å². The van der Waals surface area contributed by atoms with E-state index in [0.717, 1.165) is 24.3 Å². The molecular weight excluding hydrogens is 200 g/mol. The molecule has 0 aromatic rings. The van der Waals surface area contributed by atoms with Crippen molar-refractivity contribution in [1.82, 2.24) is 10.6 Å². The van der Waals surface area contributed by atoms with Gasteiger partial charge in [0.15, 0.2) is 0 Å². The molecule has 16 heavy (non-hydrogen) atoms. The predicted molar refractivity (Wildman–Crippen MR) is 63.1 cm³/mol. The van der Waals surface area contributed by atoms with Crippen molar-refractivity contribution in [3.8, 4) is 0 Å². The van der Waals surface area contributed by atoms with Crippen molar-refractivity contribution in [3.05, 3.63) is 0 Å². The van der Waals surface area contributed by atoms with Crippen molar-refractivity contribution in [3.63, 3.8) is 0 Å². The van der Waals surface area contributed by atoms with Crippen LogP contribution in [0.5, 0.6) is 0 Å². The summed E-state index contributed by atoms with van der Waals surface area (Å²) in [5, 5.41) is 6.22. The molecule has 3 aliphatic rings. The van der Waals surface area contributed by atoms with E-state index in [2.05, 4.69) is 10.6 Å². The molecule has 3 fully saturated rings. The molecule has 3 saturated carbocycles. The normalized spacial score (nSPS) is 25.3. The molecular formula is C13H22N2O. The molecule has 0 saturated heterocycles. The number of hydrogen-bond donors (Lipinski definition) is 2. The lowest BCUT2D eigenvalue weighted by molar-refractivity contribution is 0.225. The highest BCUT2D eigenvalue weighted by Crippen LogP contribution is 2.44. The summed E-state index contributed by atoms with van der Waals surface area (Å²) in [6.45, 7) is 0.883. The first kappa shape index (κ1) is 10.4. The second kappa shape index (κ2) is 4.27. The largest absolute Gasteiger partial charge is 0.338 e. The molecule has 0 spiro atoms. The second-order valence-corrected chi connectivity index (χ2v) is 5.85. The van der Waals surface area contributed by atoms with Gasteiger partial charge in [0.05, 0.1) is 0 Å². The Balaban J connectivity index is 1.39. The van der Waals surface area contributed by atoms with E-state index in [-0.39, 0.29) is 6.03 Å². The zero-order chi connectivity index (χ0) is 11.0. The van der Waals surface area contributed by atoms with Gasteiger partial charge in [0.1, 0.15) is 0 Å². The Morgan fingerprint density at radius 2 is 1.69 bits per heavy atom. The number of hydrogen-bond acceptors (Lipinski definition) is 1. The van der Waals surface area contributed by atoms with Crippen LogP contribution >= 0.6 is 0 Å². The molecule has 0 aromatic carbocycles. The maximum atomic E-state index is 11.7. The van der Waals surface area contributed by atoms with Crippen LogP contribution in [0.25, 0.3) is 0 Å². The van der Waals surface area contributed by atoms with Crippen LogP contribution in [0.1, 0.15) is 44.9 Å². The van der Waals surface area contributed by atoms with Gasteiger partial charge in [0.2, 0.25) is 0 Å². The number of nitrogens with one attached hydrogen (secondary N) is 2. The predicted octanol–water partition coefficient (Wildman–Crippen LogP) is 2.27. The van der Waals surface area contributed by atoms with Crippen LogP contribution in [0.4, 0.5) is 4.79 Å². The molecule has 0 radical (unpaired) electrons. The lowest BCUT2D eigenvalue weighted by Gasteiger charge is -2.26. The molecule has 90 valence electrons. The molecule has 0 atom stereocenters. The number of rotatable bonds is 5. The van der Waals surface area contributed by atoms with Gasteiger partial charge in [-0.05, 0) is 56.3 Å². The fourth-order valence-corrected chi connectivity index (χ4v) is 2.67. The summed E-state index contributed by atoms with van der Waals surface area (Å²) < 4.78 is 0.